The molecule has 0 aliphatic heterocycles. The van der Waals surface area contributed by atoms with Gasteiger partial charge in [0.05, 0.1) is 0 Å². The maximum Gasteiger partial charge on any atom is 0.223 e. The van der Waals surface area contributed by atoms with Gasteiger partial charge in [0, 0.05) is 12.0 Å². The molecule has 4 unspecified atom stereocenters. The second-order valence-corrected chi connectivity index (χ2v) is 6.38. The van der Waals surface area contributed by atoms with Crippen LogP contribution in [0.1, 0.15) is 50.5 Å². The molecule has 3 rings (SSSR count). The van der Waals surface area contributed by atoms with Gasteiger partial charge in [0.25, 0.3) is 0 Å². The molecule has 1 aromatic carbocycles. The fraction of sp³-hybridized carbons (Fsp3) is 0.588. The molecule has 4 atom stereocenters. The lowest BCUT2D eigenvalue weighted by molar-refractivity contribution is -0.123. The Balaban J connectivity index is 1.56. The van der Waals surface area contributed by atoms with Crippen LogP contribution in [0.3, 0.4) is 0 Å². The summed E-state index contributed by atoms with van der Waals surface area (Å²) in [6, 6.07) is 6.91. The molecule has 20 heavy (non-hydrogen) atoms. The number of hydrogen-bond acceptors (Lipinski definition) is 1. The third-order valence-electron chi connectivity index (χ3n) is 4.86. The number of nitrogens with one attached hydrogen (secondary N) is 1. The van der Waals surface area contributed by atoms with Crippen molar-refractivity contribution >= 4 is 5.91 Å². The smallest absolute Gasteiger partial charge is 0.223 e. The summed E-state index contributed by atoms with van der Waals surface area (Å²) in [6.45, 7) is 2.23. The Morgan fingerprint density at radius 1 is 1.20 bits per heavy atom. The van der Waals surface area contributed by atoms with Gasteiger partial charge in [-0.2, -0.15) is 0 Å². The van der Waals surface area contributed by atoms with Crippen LogP contribution in [0.25, 0.3) is 0 Å². The summed E-state index contributed by atoms with van der Waals surface area (Å²) in [5.41, 5.74) is 1.09. The van der Waals surface area contributed by atoms with Crippen molar-refractivity contribution < 1.29 is 9.18 Å². The third-order valence-corrected chi connectivity index (χ3v) is 4.86. The van der Waals surface area contributed by atoms with Crippen molar-refractivity contribution in [1.82, 2.24) is 5.32 Å². The molecular formula is C17H22FNO. The standard InChI is InChI=1S/C17H22FNO/c1-11-4-2-3-5-16(11)19-17(20)15-10-14(15)12-6-8-13(18)9-7-12/h6-9,11,14-16H,2-5,10H2,1H3,(H,19,20). The van der Waals surface area contributed by atoms with E-state index in [4.69, 9.17) is 0 Å². The topological polar surface area (TPSA) is 29.1 Å². The molecule has 1 aromatic rings. The summed E-state index contributed by atoms with van der Waals surface area (Å²) in [4.78, 5) is 12.3. The molecule has 0 radical (unpaired) electrons. The van der Waals surface area contributed by atoms with E-state index in [9.17, 15) is 9.18 Å². The van der Waals surface area contributed by atoms with E-state index in [0.717, 1.165) is 18.4 Å². The highest BCUT2D eigenvalue weighted by Crippen LogP contribution is 2.47. The van der Waals surface area contributed by atoms with Gasteiger partial charge in [0.2, 0.25) is 5.91 Å². The molecule has 2 saturated carbocycles. The van der Waals surface area contributed by atoms with Gasteiger partial charge >= 0.3 is 0 Å². The van der Waals surface area contributed by atoms with Crippen LogP contribution in [0.15, 0.2) is 24.3 Å². The SMILES string of the molecule is CC1CCCCC1NC(=O)C1CC1c1ccc(F)cc1. The maximum atomic E-state index is 12.9. The molecule has 0 heterocycles. The van der Waals surface area contributed by atoms with E-state index >= 15 is 0 Å². The Kier molecular flexibility index (Phi) is 3.77. The molecule has 1 amide bonds. The highest BCUT2D eigenvalue weighted by atomic mass is 19.1. The van der Waals surface area contributed by atoms with Gasteiger partial charge in [-0.3, -0.25) is 4.79 Å². The van der Waals surface area contributed by atoms with Crippen molar-refractivity contribution in [2.24, 2.45) is 11.8 Å². The lowest BCUT2D eigenvalue weighted by Crippen LogP contribution is -2.41. The number of halogens is 1. The molecule has 1 N–H and O–H groups in total. The number of benzene rings is 1. The van der Waals surface area contributed by atoms with Crippen LogP contribution in [0.2, 0.25) is 0 Å². The van der Waals surface area contributed by atoms with E-state index in [1.165, 1.54) is 31.4 Å². The number of amides is 1. The zero-order valence-electron chi connectivity index (χ0n) is 11.9. The summed E-state index contributed by atoms with van der Waals surface area (Å²) in [5, 5.41) is 3.23. The first-order valence-electron chi connectivity index (χ1n) is 7.71. The van der Waals surface area contributed by atoms with E-state index in [0.29, 0.717) is 12.0 Å². The van der Waals surface area contributed by atoms with Gasteiger partial charge in [-0.15, -0.1) is 0 Å². The second-order valence-electron chi connectivity index (χ2n) is 6.38. The molecule has 2 fully saturated rings. The third kappa shape index (κ3) is 2.87. The van der Waals surface area contributed by atoms with E-state index < -0.39 is 0 Å². The van der Waals surface area contributed by atoms with Gasteiger partial charge in [-0.1, -0.05) is 31.9 Å². The first-order valence-corrected chi connectivity index (χ1v) is 7.71. The molecule has 0 bridgehead atoms. The Labute approximate surface area is 119 Å². The largest absolute Gasteiger partial charge is 0.353 e. The van der Waals surface area contributed by atoms with E-state index in [1.54, 1.807) is 12.1 Å². The molecule has 2 aliphatic carbocycles. The Bertz CT molecular complexity index is 484. The Morgan fingerprint density at radius 3 is 2.60 bits per heavy atom. The quantitative estimate of drug-likeness (QED) is 0.896. The van der Waals surface area contributed by atoms with Crippen LogP contribution < -0.4 is 5.32 Å². The number of hydrogen-bond donors (Lipinski definition) is 1. The van der Waals surface area contributed by atoms with E-state index in [-0.39, 0.29) is 23.6 Å². The number of rotatable bonds is 3. The molecule has 3 heteroatoms. The highest BCUT2D eigenvalue weighted by molar-refractivity contribution is 5.83. The predicted molar refractivity (Wildman–Crippen MR) is 76.8 cm³/mol. The normalized spacial score (nSPS) is 32.7. The van der Waals surface area contributed by atoms with Gasteiger partial charge in [0.1, 0.15) is 5.82 Å². The van der Waals surface area contributed by atoms with Crippen LogP contribution in [0.5, 0.6) is 0 Å². The van der Waals surface area contributed by atoms with Gasteiger partial charge in [0.15, 0.2) is 0 Å². The second kappa shape index (κ2) is 5.55. The van der Waals surface area contributed by atoms with Crippen LogP contribution in [-0.2, 0) is 4.79 Å². The van der Waals surface area contributed by atoms with Crippen molar-refractivity contribution in [3.63, 3.8) is 0 Å². The molecule has 0 spiro atoms. The van der Waals surface area contributed by atoms with Crippen LogP contribution in [0.4, 0.5) is 4.39 Å². The van der Waals surface area contributed by atoms with Gasteiger partial charge in [-0.25, -0.2) is 4.39 Å². The summed E-state index contributed by atoms with van der Waals surface area (Å²) in [7, 11) is 0. The molecule has 2 nitrogen and oxygen atoms in total. The zero-order valence-corrected chi connectivity index (χ0v) is 11.9. The van der Waals surface area contributed by atoms with Crippen molar-refractivity contribution in [2.45, 2.75) is 51.0 Å². The molecule has 108 valence electrons. The minimum absolute atomic E-state index is 0.0922. The fourth-order valence-electron chi connectivity index (χ4n) is 3.38. The van der Waals surface area contributed by atoms with Crippen molar-refractivity contribution in [2.75, 3.05) is 0 Å². The predicted octanol–water partition coefficient (Wildman–Crippen LogP) is 3.62. The van der Waals surface area contributed by atoms with Gasteiger partial charge in [-0.05, 0) is 48.8 Å². The Hall–Kier alpha value is -1.38. The summed E-state index contributed by atoms with van der Waals surface area (Å²) in [6.07, 6.45) is 5.74. The van der Waals surface area contributed by atoms with Crippen molar-refractivity contribution in [3.8, 4) is 0 Å². The summed E-state index contributed by atoms with van der Waals surface area (Å²) in [5.74, 6) is 0.948. The first-order chi connectivity index (χ1) is 9.65. The monoisotopic (exact) mass is 275 g/mol. The average Bonchev–Trinajstić information content (AvgIpc) is 3.23. The van der Waals surface area contributed by atoms with Gasteiger partial charge < -0.3 is 5.32 Å². The van der Waals surface area contributed by atoms with E-state index in [1.807, 2.05) is 0 Å². The fourth-order valence-corrected chi connectivity index (χ4v) is 3.38. The maximum absolute atomic E-state index is 12.9. The summed E-state index contributed by atoms with van der Waals surface area (Å²) < 4.78 is 12.9. The van der Waals surface area contributed by atoms with Crippen LogP contribution in [-0.4, -0.2) is 11.9 Å². The van der Waals surface area contributed by atoms with Crippen LogP contribution >= 0.6 is 0 Å². The molecular weight excluding hydrogens is 253 g/mol. The lowest BCUT2D eigenvalue weighted by atomic mass is 9.86. The van der Waals surface area contributed by atoms with Crippen LogP contribution in [0, 0.1) is 17.7 Å². The molecule has 0 aromatic heterocycles. The minimum Gasteiger partial charge on any atom is -0.353 e. The van der Waals surface area contributed by atoms with Crippen molar-refractivity contribution in [3.05, 3.63) is 35.6 Å². The number of carbonyl (C=O) groups excluding carboxylic acids is 1. The zero-order chi connectivity index (χ0) is 14.1. The lowest BCUT2D eigenvalue weighted by Gasteiger charge is -2.29. The average molecular weight is 275 g/mol. The Morgan fingerprint density at radius 2 is 1.90 bits per heavy atom. The van der Waals surface area contributed by atoms with Crippen molar-refractivity contribution in [1.29, 1.82) is 0 Å². The number of carbonyl (C=O) groups is 1. The van der Waals surface area contributed by atoms with E-state index in [2.05, 4.69) is 12.2 Å². The molecule has 0 saturated heterocycles. The minimum atomic E-state index is -0.216. The summed E-state index contributed by atoms with van der Waals surface area (Å²) >= 11 is 0. The first kappa shape index (κ1) is 13.6. The highest BCUT2D eigenvalue weighted by Gasteiger charge is 2.44. The molecule has 2 aliphatic rings.